The van der Waals surface area contributed by atoms with Crippen LogP contribution in [0.15, 0.2) is 108 Å². The number of nitrogens with one attached hydrogen (secondary N) is 1. The van der Waals surface area contributed by atoms with Crippen molar-refractivity contribution in [3.63, 3.8) is 0 Å². The average Bonchev–Trinajstić information content (AvgIpc) is 3.05. The van der Waals surface area contributed by atoms with E-state index in [0.29, 0.717) is 11.4 Å². The predicted octanol–water partition coefficient (Wildman–Crippen LogP) is 5.76. The molecular formula is C37H43N3O6S. The van der Waals surface area contributed by atoms with Crippen molar-refractivity contribution < 1.29 is 27.5 Å². The normalized spacial score (nSPS) is 12.1. The summed E-state index contributed by atoms with van der Waals surface area (Å²) in [6, 6.07) is 29.1. The van der Waals surface area contributed by atoms with Crippen LogP contribution in [0.1, 0.15) is 37.5 Å². The van der Waals surface area contributed by atoms with Gasteiger partial charge in [0.25, 0.3) is 10.0 Å². The Balaban J connectivity index is 1.82. The van der Waals surface area contributed by atoms with Crippen LogP contribution in [0.2, 0.25) is 0 Å². The number of anilines is 1. The number of carbonyl (C=O) groups is 2. The van der Waals surface area contributed by atoms with Crippen LogP contribution in [-0.4, -0.2) is 57.5 Å². The predicted molar refractivity (Wildman–Crippen MR) is 184 cm³/mol. The molecule has 0 fully saturated rings. The summed E-state index contributed by atoms with van der Waals surface area (Å²) >= 11 is 0. The standard InChI is InChI=1S/C37H43N3O6S/c1-27-17-19-30(20-18-27)40(47(43,44)31-21-22-33(45-5)34(24-31)46-6)26-35(41)39(25-29-15-11-8-12-16-29)32(36(42)38-37(2,3)4)23-28-13-9-7-10-14-28/h7-22,24,32H,23,25-26H2,1-6H3,(H,38,42). The van der Waals surface area contributed by atoms with Gasteiger partial charge in [0, 0.05) is 24.6 Å². The lowest BCUT2D eigenvalue weighted by Gasteiger charge is -2.35. The highest BCUT2D eigenvalue weighted by Gasteiger charge is 2.36. The van der Waals surface area contributed by atoms with Crippen molar-refractivity contribution in [2.75, 3.05) is 25.1 Å². The Morgan fingerprint density at radius 2 is 1.36 bits per heavy atom. The summed E-state index contributed by atoms with van der Waals surface area (Å²) in [6.07, 6.45) is 0.230. The van der Waals surface area contributed by atoms with Gasteiger partial charge in [0.05, 0.1) is 24.8 Å². The largest absolute Gasteiger partial charge is 0.493 e. The van der Waals surface area contributed by atoms with Crippen LogP contribution in [0.25, 0.3) is 0 Å². The molecule has 0 saturated carbocycles. The summed E-state index contributed by atoms with van der Waals surface area (Å²) < 4.78 is 40.5. The molecule has 47 heavy (non-hydrogen) atoms. The van der Waals surface area contributed by atoms with E-state index >= 15 is 0 Å². The number of aryl methyl sites for hydroxylation is 1. The zero-order chi connectivity index (χ0) is 34.2. The first-order valence-corrected chi connectivity index (χ1v) is 16.8. The van der Waals surface area contributed by atoms with Crippen molar-refractivity contribution in [1.29, 1.82) is 0 Å². The molecule has 0 aromatic heterocycles. The van der Waals surface area contributed by atoms with Crippen LogP contribution in [0.4, 0.5) is 5.69 Å². The van der Waals surface area contributed by atoms with E-state index in [0.717, 1.165) is 21.0 Å². The number of carbonyl (C=O) groups excluding carboxylic acids is 2. The molecule has 4 rings (SSSR count). The summed E-state index contributed by atoms with van der Waals surface area (Å²) in [6.45, 7) is 7.06. The molecule has 9 nitrogen and oxygen atoms in total. The summed E-state index contributed by atoms with van der Waals surface area (Å²) in [4.78, 5) is 30.0. The number of hydrogen-bond donors (Lipinski definition) is 1. The van der Waals surface area contributed by atoms with E-state index in [9.17, 15) is 18.0 Å². The van der Waals surface area contributed by atoms with Gasteiger partial charge in [-0.25, -0.2) is 8.42 Å². The SMILES string of the molecule is COc1ccc(S(=O)(=O)N(CC(=O)N(Cc2ccccc2)C(Cc2ccccc2)C(=O)NC(C)(C)C)c2ccc(C)cc2)cc1OC. The number of ether oxygens (including phenoxy) is 2. The average molecular weight is 658 g/mol. The van der Waals surface area contributed by atoms with E-state index in [-0.39, 0.29) is 29.5 Å². The zero-order valence-electron chi connectivity index (χ0n) is 27.8. The van der Waals surface area contributed by atoms with Crippen LogP contribution in [0, 0.1) is 6.92 Å². The van der Waals surface area contributed by atoms with Crippen molar-refractivity contribution in [1.82, 2.24) is 10.2 Å². The third-order valence-electron chi connectivity index (χ3n) is 7.51. The molecule has 10 heteroatoms. The van der Waals surface area contributed by atoms with Crippen molar-refractivity contribution >= 4 is 27.5 Å². The fourth-order valence-corrected chi connectivity index (χ4v) is 6.56. The van der Waals surface area contributed by atoms with E-state index < -0.39 is 34.1 Å². The Labute approximate surface area is 278 Å². The van der Waals surface area contributed by atoms with E-state index in [1.165, 1.54) is 37.3 Å². The fourth-order valence-electron chi connectivity index (χ4n) is 5.13. The first-order valence-electron chi connectivity index (χ1n) is 15.3. The summed E-state index contributed by atoms with van der Waals surface area (Å²) in [5, 5.41) is 3.04. The van der Waals surface area contributed by atoms with Crippen molar-refractivity contribution in [3.05, 3.63) is 120 Å². The summed E-state index contributed by atoms with van der Waals surface area (Å²) in [5.41, 5.74) is 2.32. The van der Waals surface area contributed by atoms with Crippen molar-refractivity contribution in [2.45, 2.75) is 57.1 Å². The molecule has 1 unspecified atom stereocenters. The Morgan fingerprint density at radius 1 is 0.787 bits per heavy atom. The lowest BCUT2D eigenvalue weighted by molar-refractivity contribution is -0.140. The monoisotopic (exact) mass is 657 g/mol. The second-order valence-electron chi connectivity index (χ2n) is 12.3. The zero-order valence-corrected chi connectivity index (χ0v) is 28.6. The van der Waals surface area contributed by atoms with Gasteiger partial charge >= 0.3 is 0 Å². The smallest absolute Gasteiger partial charge is 0.264 e. The third-order valence-corrected chi connectivity index (χ3v) is 9.28. The van der Waals surface area contributed by atoms with Gasteiger partial charge in [-0.15, -0.1) is 0 Å². The number of hydrogen-bond acceptors (Lipinski definition) is 6. The van der Waals surface area contributed by atoms with Crippen LogP contribution >= 0.6 is 0 Å². The number of benzene rings is 4. The van der Waals surface area contributed by atoms with Crippen molar-refractivity contribution in [3.8, 4) is 11.5 Å². The Bertz CT molecular complexity index is 1760. The highest BCUT2D eigenvalue weighted by Crippen LogP contribution is 2.32. The van der Waals surface area contributed by atoms with Crippen LogP contribution in [0.5, 0.6) is 11.5 Å². The first kappa shape index (κ1) is 35.0. The molecule has 1 N–H and O–H groups in total. The summed E-state index contributed by atoms with van der Waals surface area (Å²) in [7, 11) is -1.42. The van der Waals surface area contributed by atoms with E-state index in [1.807, 2.05) is 88.4 Å². The summed E-state index contributed by atoms with van der Waals surface area (Å²) in [5.74, 6) is -0.276. The van der Waals surface area contributed by atoms with Crippen molar-refractivity contribution in [2.24, 2.45) is 0 Å². The molecule has 1 atom stereocenters. The molecule has 0 spiro atoms. The fraction of sp³-hybridized carbons (Fsp3) is 0.297. The third kappa shape index (κ3) is 9.13. The van der Waals surface area contributed by atoms with Crippen LogP contribution in [-0.2, 0) is 32.6 Å². The Morgan fingerprint density at radius 3 is 1.91 bits per heavy atom. The molecule has 0 aliphatic carbocycles. The van der Waals surface area contributed by atoms with Gasteiger partial charge in [-0.1, -0.05) is 78.4 Å². The van der Waals surface area contributed by atoms with Crippen LogP contribution in [0.3, 0.4) is 0 Å². The molecule has 248 valence electrons. The second kappa shape index (κ2) is 15.2. The maximum Gasteiger partial charge on any atom is 0.264 e. The second-order valence-corrected chi connectivity index (χ2v) is 14.2. The highest BCUT2D eigenvalue weighted by atomic mass is 32.2. The van der Waals surface area contributed by atoms with Gasteiger partial charge in [0.2, 0.25) is 11.8 Å². The Kier molecular flexibility index (Phi) is 11.3. The molecule has 0 aliphatic heterocycles. The molecule has 0 bridgehead atoms. The van der Waals surface area contributed by atoms with Gasteiger partial charge < -0.3 is 19.7 Å². The van der Waals surface area contributed by atoms with Gasteiger partial charge in [-0.05, 0) is 63.1 Å². The number of rotatable bonds is 13. The maximum atomic E-state index is 14.6. The first-order chi connectivity index (χ1) is 22.3. The minimum Gasteiger partial charge on any atom is -0.493 e. The quantitative estimate of drug-likeness (QED) is 0.196. The topological polar surface area (TPSA) is 105 Å². The molecule has 2 amide bonds. The van der Waals surface area contributed by atoms with Crippen LogP contribution < -0.4 is 19.1 Å². The number of nitrogens with zero attached hydrogens (tertiary/aromatic N) is 2. The molecular weight excluding hydrogens is 614 g/mol. The van der Waals surface area contributed by atoms with Gasteiger partial charge in [-0.3, -0.25) is 13.9 Å². The lowest BCUT2D eigenvalue weighted by atomic mass is 10.0. The highest BCUT2D eigenvalue weighted by molar-refractivity contribution is 7.92. The lowest BCUT2D eigenvalue weighted by Crippen LogP contribution is -2.56. The molecule has 0 aliphatic rings. The molecule has 0 saturated heterocycles. The van der Waals surface area contributed by atoms with E-state index in [1.54, 1.807) is 24.3 Å². The van der Waals surface area contributed by atoms with E-state index in [2.05, 4.69) is 5.32 Å². The number of methoxy groups -OCH3 is 2. The van der Waals surface area contributed by atoms with E-state index in [4.69, 9.17) is 9.47 Å². The Hall–Kier alpha value is -4.83. The minimum absolute atomic E-state index is 0.0792. The molecule has 0 radical (unpaired) electrons. The maximum absolute atomic E-state index is 14.6. The van der Waals surface area contributed by atoms with Gasteiger partial charge in [-0.2, -0.15) is 0 Å². The van der Waals surface area contributed by atoms with Gasteiger partial charge in [0.1, 0.15) is 12.6 Å². The number of sulfonamides is 1. The number of amides is 2. The van der Waals surface area contributed by atoms with Gasteiger partial charge in [0.15, 0.2) is 11.5 Å². The minimum atomic E-state index is -4.31. The molecule has 0 heterocycles. The molecule has 4 aromatic rings. The molecule has 4 aromatic carbocycles.